The van der Waals surface area contributed by atoms with Crippen LogP contribution < -0.4 is 0 Å². The van der Waals surface area contributed by atoms with E-state index in [2.05, 4.69) is 20.8 Å². The monoisotopic (exact) mass is 226 g/mol. The van der Waals surface area contributed by atoms with Gasteiger partial charge in [0, 0.05) is 6.61 Å². The summed E-state index contributed by atoms with van der Waals surface area (Å²) in [6, 6.07) is 1.44. The predicted octanol–water partition coefficient (Wildman–Crippen LogP) is 2.93. The third-order valence-electron chi connectivity index (χ3n) is 2.21. The quantitative estimate of drug-likeness (QED) is 0.784. The van der Waals surface area contributed by atoms with Crippen molar-refractivity contribution < 1.29 is 19.1 Å². The molecule has 1 rings (SSSR count). The van der Waals surface area contributed by atoms with Gasteiger partial charge in [0.15, 0.2) is 0 Å². The van der Waals surface area contributed by atoms with Crippen LogP contribution in [-0.4, -0.2) is 17.7 Å². The Balaban J connectivity index is 2.38. The average molecular weight is 226 g/mol. The SMILES string of the molecule is CC(C)(C)CCOCc1occc1C(=O)O. The Bertz CT molecular complexity index is 346. The Morgan fingerprint density at radius 1 is 1.50 bits per heavy atom. The predicted molar refractivity (Wildman–Crippen MR) is 59.4 cm³/mol. The highest BCUT2D eigenvalue weighted by molar-refractivity contribution is 5.88. The minimum atomic E-state index is -0.983. The van der Waals surface area contributed by atoms with Gasteiger partial charge in [-0.05, 0) is 17.9 Å². The summed E-state index contributed by atoms with van der Waals surface area (Å²) in [4.78, 5) is 10.8. The molecule has 1 heterocycles. The molecule has 4 nitrogen and oxygen atoms in total. The fraction of sp³-hybridized carbons (Fsp3) is 0.583. The molecule has 0 bridgehead atoms. The molecule has 0 fully saturated rings. The Morgan fingerprint density at radius 2 is 2.19 bits per heavy atom. The largest absolute Gasteiger partial charge is 0.478 e. The van der Waals surface area contributed by atoms with E-state index in [1.165, 1.54) is 12.3 Å². The maximum atomic E-state index is 10.8. The second kappa shape index (κ2) is 5.16. The Morgan fingerprint density at radius 3 is 2.75 bits per heavy atom. The van der Waals surface area contributed by atoms with E-state index in [1.54, 1.807) is 0 Å². The van der Waals surface area contributed by atoms with Crippen LogP contribution in [0.1, 0.15) is 43.3 Å². The van der Waals surface area contributed by atoms with Crippen LogP contribution in [-0.2, 0) is 11.3 Å². The Hall–Kier alpha value is -1.29. The molecule has 1 N–H and O–H groups in total. The van der Waals surface area contributed by atoms with Crippen LogP contribution in [0.25, 0.3) is 0 Å². The second-order valence-electron chi connectivity index (χ2n) is 4.93. The number of hydrogen-bond donors (Lipinski definition) is 1. The number of furan rings is 1. The van der Waals surface area contributed by atoms with E-state index in [-0.39, 0.29) is 17.6 Å². The molecule has 0 aliphatic carbocycles. The van der Waals surface area contributed by atoms with Gasteiger partial charge in [0.2, 0.25) is 0 Å². The molecule has 0 aromatic carbocycles. The van der Waals surface area contributed by atoms with Crippen molar-refractivity contribution in [3.8, 4) is 0 Å². The summed E-state index contributed by atoms with van der Waals surface area (Å²) in [6.07, 6.45) is 2.29. The van der Waals surface area contributed by atoms with Gasteiger partial charge in [0.05, 0.1) is 6.26 Å². The summed E-state index contributed by atoms with van der Waals surface area (Å²) in [5, 5.41) is 8.82. The number of carboxylic acids is 1. The van der Waals surface area contributed by atoms with Gasteiger partial charge in [-0.25, -0.2) is 4.79 Å². The third kappa shape index (κ3) is 4.06. The van der Waals surface area contributed by atoms with Crippen molar-refractivity contribution in [1.29, 1.82) is 0 Å². The average Bonchev–Trinajstić information content (AvgIpc) is 2.58. The number of aromatic carboxylic acids is 1. The zero-order chi connectivity index (χ0) is 12.2. The van der Waals surface area contributed by atoms with Gasteiger partial charge < -0.3 is 14.3 Å². The normalized spacial score (nSPS) is 11.7. The number of carboxylic acid groups (broad SMARTS) is 1. The molecular weight excluding hydrogens is 208 g/mol. The first-order chi connectivity index (χ1) is 7.40. The molecule has 1 aromatic heterocycles. The van der Waals surface area contributed by atoms with E-state index in [0.29, 0.717) is 12.4 Å². The van der Waals surface area contributed by atoms with E-state index in [9.17, 15) is 4.79 Å². The first-order valence-electron chi connectivity index (χ1n) is 5.27. The lowest BCUT2D eigenvalue weighted by molar-refractivity contribution is 0.0663. The minimum absolute atomic E-state index is 0.177. The fourth-order valence-corrected chi connectivity index (χ4v) is 1.19. The van der Waals surface area contributed by atoms with Gasteiger partial charge in [-0.1, -0.05) is 20.8 Å². The van der Waals surface area contributed by atoms with Crippen LogP contribution in [0.15, 0.2) is 16.7 Å². The number of hydrogen-bond acceptors (Lipinski definition) is 3. The van der Waals surface area contributed by atoms with Crippen molar-refractivity contribution in [2.45, 2.75) is 33.8 Å². The maximum Gasteiger partial charge on any atom is 0.339 e. The standard InChI is InChI=1S/C12H18O4/c1-12(2,3)5-7-15-8-10-9(11(13)14)4-6-16-10/h4,6H,5,7-8H2,1-3H3,(H,13,14). The van der Waals surface area contributed by atoms with E-state index in [4.69, 9.17) is 14.3 Å². The smallest absolute Gasteiger partial charge is 0.339 e. The zero-order valence-electron chi connectivity index (χ0n) is 9.95. The lowest BCUT2D eigenvalue weighted by atomic mass is 9.93. The van der Waals surface area contributed by atoms with Crippen molar-refractivity contribution in [2.24, 2.45) is 5.41 Å². The van der Waals surface area contributed by atoms with E-state index in [0.717, 1.165) is 6.42 Å². The second-order valence-corrected chi connectivity index (χ2v) is 4.93. The Labute approximate surface area is 95.2 Å². The molecule has 90 valence electrons. The molecule has 4 heteroatoms. The van der Waals surface area contributed by atoms with Crippen LogP contribution in [0.5, 0.6) is 0 Å². The van der Waals surface area contributed by atoms with E-state index in [1.807, 2.05) is 0 Å². The minimum Gasteiger partial charge on any atom is -0.478 e. The highest BCUT2D eigenvalue weighted by Gasteiger charge is 2.14. The molecule has 0 amide bonds. The van der Waals surface area contributed by atoms with Crippen LogP contribution in [0.3, 0.4) is 0 Å². The van der Waals surface area contributed by atoms with Crippen molar-refractivity contribution in [3.05, 3.63) is 23.7 Å². The van der Waals surface area contributed by atoms with E-state index < -0.39 is 5.97 Å². The summed E-state index contributed by atoms with van der Waals surface area (Å²) >= 11 is 0. The molecule has 0 atom stereocenters. The lowest BCUT2D eigenvalue weighted by Crippen LogP contribution is -2.10. The highest BCUT2D eigenvalue weighted by atomic mass is 16.5. The van der Waals surface area contributed by atoms with Crippen LogP contribution in [0.4, 0.5) is 0 Å². The van der Waals surface area contributed by atoms with Gasteiger partial charge in [-0.3, -0.25) is 0 Å². The molecule has 0 aliphatic rings. The van der Waals surface area contributed by atoms with Crippen LogP contribution in [0, 0.1) is 5.41 Å². The maximum absolute atomic E-state index is 10.8. The molecule has 0 saturated carbocycles. The van der Waals surface area contributed by atoms with Crippen molar-refractivity contribution >= 4 is 5.97 Å². The molecular formula is C12H18O4. The first-order valence-corrected chi connectivity index (χ1v) is 5.27. The molecule has 0 radical (unpaired) electrons. The third-order valence-corrected chi connectivity index (χ3v) is 2.21. The van der Waals surface area contributed by atoms with Crippen molar-refractivity contribution in [3.63, 3.8) is 0 Å². The van der Waals surface area contributed by atoms with Gasteiger partial charge >= 0.3 is 5.97 Å². The molecule has 0 aliphatic heterocycles. The Kier molecular flexibility index (Phi) is 4.12. The summed E-state index contributed by atoms with van der Waals surface area (Å²) in [7, 11) is 0. The lowest BCUT2D eigenvalue weighted by Gasteiger charge is -2.17. The fourth-order valence-electron chi connectivity index (χ4n) is 1.19. The van der Waals surface area contributed by atoms with Crippen molar-refractivity contribution in [2.75, 3.05) is 6.61 Å². The first kappa shape index (κ1) is 12.8. The number of rotatable bonds is 5. The van der Waals surface area contributed by atoms with Gasteiger partial charge in [0.25, 0.3) is 0 Å². The number of carbonyl (C=O) groups is 1. The molecule has 0 unspecified atom stereocenters. The summed E-state index contributed by atoms with van der Waals surface area (Å²) in [5.41, 5.74) is 0.398. The van der Waals surface area contributed by atoms with Crippen LogP contribution in [0.2, 0.25) is 0 Å². The van der Waals surface area contributed by atoms with Gasteiger partial charge in [-0.15, -0.1) is 0 Å². The number of ether oxygens (including phenoxy) is 1. The molecule has 1 aromatic rings. The van der Waals surface area contributed by atoms with Crippen LogP contribution >= 0.6 is 0 Å². The zero-order valence-corrected chi connectivity index (χ0v) is 9.95. The highest BCUT2D eigenvalue weighted by Crippen LogP contribution is 2.19. The van der Waals surface area contributed by atoms with Gasteiger partial charge in [0.1, 0.15) is 17.9 Å². The van der Waals surface area contributed by atoms with Gasteiger partial charge in [-0.2, -0.15) is 0 Å². The molecule has 16 heavy (non-hydrogen) atoms. The van der Waals surface area contributed by atoms with Crippen molar-refractivity contribution in [1.82, 2.24) is 0 Å². The van der Waals surface area contributed by atoms with E-state index >= 15 is 0 Å². The summed E-state index contributed by atoms with van der Waals surface area (Å²) in [6.45, 7) is 7.21. The summed E-state index contributed by atoms with van der Waals surface area (Å²) < 4.78 is 10.4. The summed E-state index contributed by atoms with van der Waals surface area (Å²) in [5.74, 6) is -0.607. The molecule has 0 saturated heterocycles. The topological polar surface area (TPSA) is 59.7 Å². The molecule has 0 spiro atoms.